The van der Waals surface area contributed by atoms with Crippen LogP contribution in [0.15, 0.2) is 49.6 Å². The summed E-state index contributed by atoms with van der Waals surface area (Å²) in [6.07, 6.45) is -0.562. The maximum absolute atomic E-state index is 13.5. The molecule has 0 bridgehead atoms. The van der Waals surface area contributed by atoms with Gasteiger partial charge in [0.25, 0.3) is 5.56 Å². The molecule has 5 atom stereocenters. The Balaban J connectivity index is 1.82. The summed E-state index contributed by atoms with van der Waals surface area (Å²) in [6.45, 7) is 2.42. The lowest BCUT2D eigenvalue weighted by atomic mass is 10.1. The number of aromatic nitrogens is 2. The monoisotopic (exact) mass is 602 g/mol. The molecule has 17 heteroatoms. The van der Waals surface area contributed by atoms with E-state index in [0.29, 0.717) is 0 Å². The topological polar surface area (TPSA) is 196 Å². The van der Waals surface area contributed by atoms with Gasteiger partial charge in [0.15, 0.2) is 0 Å². The van der Waals surface area contributed by atoms with Gasteiger partial charge in [-0.1, -0.05) is 21.0 Å². The molecular weight excluding hydrogens is 579 g/mol. The minimum absolute atomic E-state index is 0.0515. The Hall–Kier alpha value is -2.97. The molecule has 1 aromatic carbocycles. The van der Waals surface area contributed by atoms with Crippen molar-refractivity contribution in [1.82, 2.24) is 15.0 Å². The van der Waals surface area contributed by atoms with Crippen LogP contribution in [0.4, 0.5) is 0 Å². The first-order valence-electron chi connectivity index (χ1n) is 10.8. The van der Waals surface area contributed by atoms with Gasteiger partial charge in [-0.2, -0.15) is 5.48 Å². The maximum atomic E-state index is 13.5. The predicted molar refractivity (Wildman–Crippen MR) is 132 cm³/mol. The number of hydrogen-bond acceptors (Lipinski definition) is 11. The number of nitrogens with one attached hydrogen (secondary N) is 2. The van der Waals surface area contributed by atoms with Crippen LogP contribution in [0.3, 0.4) is 0 Å². The minimum Gasteiger partial charge on any atom is -0.395 e. The Kier molecular flexibility index (Phi) is 9.68. The molecule has 2 aromatic rings. The SMILES string of the molecule is CON[C@@H](C)C(=O)OP(=O)(OC[C@H]1O[C@@H](n2cc(C)c(=O)[nH]c2=O)C[C@@H]1N=[N+]=[N-])Oc1ccc(Br)cc1. The van der Waals surface area contributed by atoms with Gasteiger partial charge in [-0.15, -0.1) is 0 Å². The van der Waals surface area contributed by atoms with Gasteiger partial charge in [-0.25, -0.2) is 14.2 Å². The number of azide groups is 1. The molecule has 1 fully saturated rings. The number of carbonyl (C=O) groups excluding carboxylic acids is 1. The van der Waals surface area contributed by atoms with Crippen LogP contribution in [0.5, 0.6) is 5.75 Å². The van der Waals surface area contributed by atoms with E-state index < -0.39 is 56.1 Å². The van der Waals surface area contributed by atoms with E-state index in [1.165, 1.54) is 39.3 Å². The van der Waals surface area contributed by atoms with E-state index in [2.05, 4.69) is 41.3 Å². The van der Waals surface area contributed by atoms with Crippen molar-refractivity contribution in [3.8, 4) is 5.75 Å². The van der Waals surface area contributed by atoms with Crippen LogP contribution in [-0.2, 0) is 28.0 Å². The van der Waals surface area contributed by atoms with Crippen LogP contribution in [0, 0.1) is 6.92 Å². The lowest BCUT2D eigenvalue weighted by Crippen LogP contribution is -2.35. The van der Waals surface area contributed by atoms with Gasteiger partial charge in [0.05, 0.1) is 25.9 Å². The van der Waals surface area contributed by atoms with Gasteiger partial charge in [0, 0.05) is 27.6 Å². The fourth-order valence-electron chi connectivity index (χ4n) is 3.30. The van der Waals surface area contributed by atoms with Crippen molar-refractivity contribution in [2.45, 2.75) is 44.7 Å². The highest BCUT2D eigenvalue weighted by atomic mass is 79.9. The molecule has 200 valence electrons. The third-order valence-electron chi connectivity index (χ3n) is 5.14. The summed E-state index contributed by atoms with van der Waals surface area (Å²) in [6, 6.07) is 4.31. The number of carbonyl (C=O) groups is 1. The summed E-state index contributed by atoms with van der Waals surface area (Å²) in [7, 11) is -3.31. The third kappa shape index (κ3) is 7.52. The number of hydroxylamine groups is 1. The largest absolute Gasteiger partial charge is 0.589 e. The van der Waals surface area contributed by atoms with E-state index in [4.69, 9.17) is 23.8 Å². The summed E-state index contributed by atoms with van der Waals surface area (Å²) in [5.74, 6) is -0.909. The molecule has 2 heterocycles. The van der Waals surface area contributed by atoms with Crippen LogP contribution < -0.4 is 21.3 Å². The van der Waals surface area contributed by atoms with E-state index in [1.54, 1.807) is 12.1 Å². The number of H-pyrrole nitrogens is 1. The highest BCUT2D eigenvalue weighted by Gasteiger charge is 2.41. The standard InChI is InChI=1S/C20H24BrN6O9P/c1-11-9-27(20(30)23-18(11)28)17-8-15(24-26-22)16(34-17)10-33-37(31,36-19(29)12(2)25-32-3)35-14-6-4-13(21)5-7-14/h4-7,9,12,15-17,25H,8,10H2,1-3H3,(H,23,28,30)/t12-,15-,16+,17+,37?/m0/s1. The average molecular weight is 603 g/mol. The smallest absolute Gasteiger partial charge is 0.395 e. The number of nitrogens with zero attached hydrogens (tertiary/aromatic N) is 4. The van der Waals surface area contributed by atoms with Crippen LogP contribution >= 0.6 is 23.8 Å². The number of phosphoric acid groups is 1. The number of ether oxygens (including phenoxy) is 1. The maximum Gasteiger partial charge on any atom is 0.589 e. The number of phosphoric ester groups is 1. The van der Waals surface area contributed by atoms with Gasteiger partial charge in [0.1, 0.15) is 18.0 Å². The van der Waals surface area contributed by atoms with Gasteiger partial charge < -0.3 is 18.6 Å². The molecule has 0 saturated carbocycles. The lowest BCUT2D eigenvalue weighted by Gasteiger charge is -2.22. The molecule has 1 aromatic heterocycles. The quantitative estimate of drug-likeness (QED) is 0.127. The first-order chi connectivity index (χ1) is 17.5. The molecule has 37 heavy (non-hydrogen) atoms. The highest BCUT2D eigenvalue weighted by molar-refractivity contribution is 9.10. The zero-order valence-electron chi connectivity index (χ0n) is 19.9. The van der Waals surface area contributed by atoms with Gasteiger partial charge in [-0.3, -0.25) is 18.9 Å². The molecule has 0 radical (unpaired) electrons. The zero-order chi connectivity index (χ0) is 27.2. The first-order valence-corrected chi connectivity index (χ1v) is 13.0. The third-order valence-corrected chi connectivity index (χ3v) is 6.97. The number of aromatic amines is 1. The Labute approximate surface area is 218 Å². The second-order valence-electron chi connectivity index (χ2n) is 7.86. The van der Waals surface area contributed by atoms with Gasteiger partial charge in [0.2, 0.25) is 0 Å². The lowest BCUT2D eigenvalue weighted by molar-refractivity contribution is -0.141. The molecule has 1 aliphatic rings. The van der Waals surface area contributed by atoms with Crippen molar-refractivity contribution in [2.75, 3.05) is 13.7 Å². The number of halogens is 1. The second-order valence-corrected chi connectivity index (χ2v) is 10.3. The summed E-state index contributed by atoms with van der Waals surface area (Å²) in [5, 5.41) is 3.68. The van der Waals surface area contributed by atoms with Crippen LogP contribution in [-0.4, -0.2) is 47.4 Å². The molecule has 0 amide bonds. The fraction of sp³-hybridized carbons (Fsp3) is 0.450. The molecule has 1 saturated heterocycles. The normalized spacial score (nSPS) is 21.5. The van der Waals surface area contributed by atoms with Gasteiger partial charge in [-0.05, 0) is 43.6 Å². The van der Waals surface area contributed by atoms with Gasteiger partial charge >= 0.3 is 19.5 Å². The van der Waals surface area contributed by atoms with Crippen molar-refractivity contribution in [3.05, 3.63) is 71.8 Å². The molecule has 0 spiro atoms. The first kappa shape index (κ1) is 28.6. The molecule has 0 aliphatic carbocycles. The molecular formula is C20H24BrN6O9P. The van der Waals surface area contributed by atoms with Crippen molar-refractivity contribution < 1.29 is 32.5 Å². The summed E-state index contributed by atoms with van der Waals surface area (Å²) >= 11 is 3.27. The molecule has 15 nitrogen and oxygen atoms in total. The number of hydrogen-bond donors (Lipinski definition) is 2. The van der Waals surface area contributed by atoms with Crippen molar-refractivity contribution in [1.29, 1.82) is 0 Å². The summed E-state index contributed by atoms with van der Waals surface area (Å²) in [4.78, 5) is 46.1. The van der Waals surface area contributed by atoms with Crippen LogP contribution in [0.1, 0.15) is 25.1 Å². The molecule has 1 unspecified atom stereocenters. The van der Waals surface area contributed by atoms with E-state index in [-0.39, 0.29) is 17.7 Å². The molecule has 2 N–H and O–H groups in total. The van der Waals surface area contributed by atoms with Crippen molar-refractivity contribution in [3.63, 3.8) is 0 Å². The van der Waals surface area contributed by atoms with E-state index in [0.717, 1.165) is 9.04 Å². The summed E-state index contributed by atoms with van der Waals surface area (Å²) in [5.41, 5.74) is 10.3. The second kappa shape index (κ2) is 12.5. The number of rotatable bonds is 11. The van der Waals surface area contributed by atoms with Crippen molar-refractivity contribution >= 4 is 29.7 Å². The zero-order valence-corrected chi connectivity index (χ0v) is 22.4. The molecule has 3 rings (SSSR count). The predicted octanol–water partition coefficient (Wildman–Crippen LogP) is 2.86. The van der Waals surface area contributed by atoms with Crippen molar-refractivity contribution in [2.24, 2.45) is 5.11 Å². The minimum atomic E-state index is -4.59. The Morgan fingerprint density at radius 1 is 1.41 bits per heavy atom. The van der Waals surface area contributed by atoms with Crippen LogP contribution in [0.25, 0.3) is 10.4 Å². The highest BCUT2D eigenvalue weighted by Crippen LogP contribution is 2.50. The summed E-state index contributed by atoms with van der Waals surface area (Å²) < 4.78 is 37.1. The average Bonchev–Trinajstić information content (AvgIpc) is 3.24. The Bertz CT molecular complexity index is 1330. The van der Waals surface area contributed by atoms with E-state index in [9.17, 15) is 18.9 Å². The molecule has 1 aliphatic heterocycles. The Morgan fingerprint density at radius 2 is 2.11 bits per heavy atom. The van der Waals surface area contributed by atoms with Crippen LogP contribution in [0.2, 0.25) is 0 Å². The Morgan fingerprint density at radius 3 is 2.76 bits per heavy atom. The number of aryl methyl sites for hydroxylation is 1. The number of benzene rings is 1. The van der Waals surface area contributed by atoms with E-state index >= 15 is 0 Å². The fourth-order valence-corrected chi connectivity index (χ4v) is 4.79. The van der Waals surface area contributed by atoms with E-state index in [1.807, 2.05) is 0 Å².